The molecule has 0 saturated heterocycles. The summed E-state index contributed by atoms with van der Waals surface area (Å²) in [5, 5.41) is 0. The molecule has 114 valence electrons. The molecule has 0 unspecified atom stereocenters. The van der Waals surface area contributed by atoms with Crippen LogP contribution in [0.25, 0.3) is 5.78 Å². The number of hydrogen-bond acceptors (Lipinski definition) is 4. The van der Waals surface area contributed by atoms with Crippen LogP contribution in [0, 0.1) is 0 Å². The van der Waals surface area contributed by atoms with Gasteiger partial charge in [0.15, 0.2) is 0 Å². The van der Waals surface area contributed by atoms with E-state index in [-0.39, 0.29) is 12.4 Å². The number of fused-ring (bicyclic) bond motifs is 2. The summed E-state index contributed by atoms with van der Waals surface area (Å²) in [6.45, 7) is 1.83. The first kappa shape index (κ1) is 14.7. The zero-order chi connectivity index (χ0) is 14.2. The number of hydrogen-bond donors (Lipinski definition) is 1. The summed E-state index contributed by atoms with van der Waals surface area (Å²) in [4.78, 5) is 11.2. The first-order valence-corrected chi connectivity index (χ1v) is 7.22. The fourth-order valence-electron chi connectivity index (χ4n) is 3.04. The maximum Gasteiger partial charge on any atom is 0.233 e. The summed E-state index contributed by atoms with van der Waals surface area (Å²) in [5.74, 6) is 0.748. The van der Waals surface area contributed by atoms with E-state index in [4.69, 9.17) is 5.73 Å². The van der Waals surface area contributed by atoms with Gasteiger partial charge in [-0.2, -0.15) is 0 Å². The summed E-state index contributed by atoms with van der Waals surface area (Å²) < 4.78 is 1.96. The van der Waals surface area contributed by atoms with Crippen LogP contribution in [0.1, 0.15) is 17.7 Å². The molecule has 0 aliphatic carbocycles. The van der Waals surface area contributed by atoms with E-state index in [9.17, 15) is 0 Å². The number of imidazole rings is 1. The maximum atomic E-state index is 6.10. The first-order chi connectivity index (χ1) is 10.3. The average Bonchev–Trinajstić information content (AvgIpc) is 2.90. The van der Waals surface area contributed by atoms with Crippen molar-refractivity contribution in [2.75, 3.05) is 17.2 Å². The van der Waals surface area contributed by atoms with Gasteiger partial charge in [0, 0.05) is 36.5 Å². The topological polar surface area (TPSA) is 59.5 Å². The quantitative estimate of drug-likeness (QED) is 0.739. The number of halogens is 1. The fourth-order valence-corrected chi connectivity index (χ4v) is 3.04. The Bertz CT molecular complexity index is 765. The Kier molecular flexibility index (Phi) is 3.90. The van der Waals surface area contributed by atoms with Gasteiger partial charge in [-0.15, -0.1) is 12.4 Å². The van der Waals surface area contributed by atoms with Gasteiger partial charge in [0.2, 0.25) is 5.78 Å². The summed E-state index contributed by atoms with van der Waals surface area (Å²) in [5.41, 5.74) is 10.5. The lowest BCUT2D eigenvalue weighted by Gasteiger charge is -2.31. The minimum absolute atomic E-state index is 0. The molecule has 0 saturated carbocycles. The van der Waals surface area contributed by atoms with Crippen molar-refractivity contribution >= 4 is 29.6 Å². The summed E-state index contributed by atoms with van der Waals surface area (Å²) in [6.07, 6.45) is 7.98. The molecule has 0 bridgehead atoms. The zero-order valence-electron chi connectivity index (χ0n) is 12.1. The van der Waals surface area contributed by atoms with Crippen LogP contribution in [0.15, 0.2) is 42.9 Å². The van der Waals surface area contributed by atoms with Gasteiger partial charge in [-0.05, 0) is 36.6 Å². The third kappa shape index (κ3) is 2.48. The Labute approximate surface area is 135 Å². The highest BCUT2D eigenvalue weighted by Gasteiger charge is 2.19. The van der Waals surface area contributed by atoms with Gasteiger partial charge in [0.1, 0.15) is 0 Å². The van der Waals surface area contributed by atoms with Gasteiger partial charge in [0.05, 0.1) is 12.2 Å². The second-order valence-corrected chi connectivity index (χ2v) is 5.43. The SMILES string of the molecule is Cl.Nc1cccc2c1CCCN2Cc1cn2cccnc2n1. The molecule has 1 aliphatic heterocycles. The molecule has 3 heterocycles. The Morgan fingerprint density at radius 2 is 2.14 bits per heavy atom. The van der Waals surface area contributed by atoms with Crippen molar-refractivity contribution in [1.29, 1.82) is 0 Å². The lowest BCUT2D eigenvalue weighted by Crippen LogP contribution is -2.29. The van der Waals surface area contributed by atoms with E-state index >= 15 is 0 Å². The van der Waals surface area contributed by atoms with Crippen molar-refractivity contribution in [1.82, 2.24) is 14.4 Å². The third-order valence-corrected chi connectivity index (χ3v) is 4.02. The van der Waals surface area contributed by atoms with Crippen molar-refractivity contribution in [3.8, 4) is 0 Å². The molecule has 0 radical (unpaired) electrons. The normalized spacial score (nSPS) is 13.7. The molecule has 4 rings (SSSR count). The number of benzene rings is 1. The van der Waals surface area contributed by atoms with Gasteiger partial charge in [-0.3, -0.25) is 4.40 Å². The van der Waals surface area contributed by atoms with Crippen molar-refractivity contribution in [2.45, 2.75) is 19.4 Å². The minimum atomic E-state index is 0. The van der Waals surface area contributed by atoms with Gasteiger partial charge in [-0.25, -0.2) is 9.97 Å². The third-order valence-electron chi connectivity index (χ3n) is 4.02. The highest BCUT2D eigenvalue weighted by molar-refractivity contribution is 5.85. The summed E-state index contributed by atoms with van der Waals surface area (Å²) in [7, 11) is 0. The molecule has 22 heavy (non-hydrogen) atoms. The Hall–Kier alpha value is -2.27. The van der Waals surface area contributed by atoms with Crippen molar-refractivity contribution in [2.24, 2.45) is 0 Å². The average molecular weight is 316 g/mol. The van der Waals surface area contributed by atoms with Crippen molar-refractivity contribution in [3.63, 3.8) is 0 Å². The van der Waals surface area contributed by atoms with Gasteiger partial charge in [0.25, 0.3) is 0 Å². The smallest absolute Gasteiger partial charge is 0.233 e. The number of nitrogens with two attached hydrogens (primary N) is 1. The molecule has 0 atom stereocenters. The molecule has 0 fully saturated rings. The molecule has 2 N–H and O–H groups in total. The van der Waals surface area contributed by atoms with Crippen LogP contribution in [0.5, 0.6) is 0 Å². The van der Waals surface area contributed by atoms with Crippen LogP contribution >= 0.6 is 12.4 Å². The molecular weight excluding hydrogens is 298 g/mol. The van der Waals surface area contributed by atoms with Crippen LogP contribution in [0.2, 0.25) is 0 Å². The van der Waals surface area contributed by atoms with E-state index in [1.54, 1.807) is 6.20 Å². The highest BCUT2D eigenvalue weighted by atomic mass is 35.5. The minimum Gasteiger partial charge on any atom is -0.398 e. The highest BCUT2D eigenvalue weighted by Crippen LogP contribution is 2.32. The van der Waals surface area contributed by atoms with E-state index < -0.39 is 0 Å². The Morgan fingerprint density at radius 3 is 3.00 bits per heavy atom. The predicted molar refractivity (Wildman–Crippen MR) is 90.5 cm³/mol. The molecule has 0 spiro atoms. The zero-order valence-corrected chi connectivity index (χ0v) is 13.0. The molecule has 0 amide bonds. The lowest BCUT2D eigenvalue weighted by atomic mass is 10.00. The van der Waals surface area contributed by atoms with Crippen LogP contribution in [0.3, 0.4) is 0 Å². The number of nitrogens with zero attached hydrogens (tertiary/aromatic N) is 4. The Balaban J connectivity index is 0.00000144. The van der Waals surface area contributed by atoms with E-state index in [0.29, 0.717) is 0 Å². The standard InChI is InChI=1S/C16H17N5.ClH/c17-14-5-1-6-15-13(14)4-2-8-20(15)10-12-11-21-9-3-7-18-16(21)19-12;/h1,3,5-7,9,11H,2,4,8,10,17H2;1H. The molecule has 6 heteroatoms. The number of nitrogen functional groups attached to an aromatic ring is 1. The van der Waals surface area contributed by atoms with Gasteiger partial charge >= 0.3 is 0 Å². The fraction of sp³-hybridized carbons (Fsp3) is 0.250. The van der Waals surface area contributed by atoms with E-state index in [1.807, 2.05) is 35.0 Å². The van der Waals surface area contributed by atoms with E-state index in [2.05, 4.69) is 20.9 Å². The number of rotatable bonds is 2. The van der Waals surface area contributed by atoms with Gasteiger partial charge < -0.3 is 10.6 Å². The van der Waals surface area contributed by atoms with Gasteiger partial charge in [-0.1, -0.05) is 6.07 Å². The van der Waals surface area contributed by atoms with E-state index in [1.165, 1.54) is 11.3 Å². The first-order valence-electron chi connectivity index (χ1n) is 7.22. The van der Waals surface area contributed by atoms with E-state index in [0.717, 1.165) is 43.1 Å². The second kappa shape index (κ2) is 5.85. The lowest BCUT2D eigenvalue weighted by molar-refractivity contribution is 0.687. The molecule has 5 nitrogen and oxygen atoms in total. The van der Waals surface area contributed by atoms with Crippen molar-refractivity contribution in [3.05, 3.63) is 54.1 Å². The number of anilines is 2. The summed E-state index contributed by atoms with van der Waals surface area (Å²) >= 11 is 0. The van der Waals surface area contributed by atoms with Crippen LogP contribution in [-0.2, 0) is 13.0 Å². The molecule has 3 aromatic rings. The van der Waals surface area contributed by atoms with Crippen LogP contribution < -0.4 is 10.6 Å². The maximum absolute atomic E-state index is 6.10. The molecular formula is C16H18ClN5. The molecule has 2 aromatic heterocycles. The molecule has 1 aliphatic rings. The number of aromatic nitrogens is 3. The molecule has 1 aromatic carbocycles. The monoisotopic (exact) mass is 315 g/mol. The predicted octanol–water partition coefficient (Wildman–Crippen LogP) is 2.69. The largest absolute Gasteiger partial charge is 0.398 e. The second-order valence-electron chi connectivity index (χ2n) is 5.43. The van der Waals surface area contributed by atoms with Crippen LogP contribution in [-0.4, -0.2) is 20.9 Å². The Morgan fingerprint density at radius 1 is 1.23 bits per heavy atom. The van der Waals surface area contributed by atoms with Crippen molar-refractivity contribution < 1.29 is 0 Å². The summed E-state index contributed by atoms with van der Waals surface area (Å²) in [6, 6.07) is 8.07. The van der Waals surface area contributed by atoms with Crippen LogP contribution in [0.4, 0.5) is 11.4 Å².